The summed E-state index contributed by atoms with van der Waals surface area (Å²) in [6.07, 6.45) is 3.32. The Morgan fingerprint density at radius 3 is 2.55 bits per heavy atom. The molecule has 1 atom stereocenters. The molecule has 6 rings (SSSR count). The Balaban J connectivity index is 1.30. The van der Waals surface area contributed by atoms with E-state index in [0.717, 1.165) is 39.4 Å². The van der Waals surface area contributed by atoms with Gasteiger partial charge in [0.05, 0.1) is 32.2 Å². The average molecular weight is 589 g/mol. The van der Waals surface area contributed by atoms with Crippen LogP contribution in [0.5, 0.6) is 5.75 Å². The fraction of sp³-hybridized carbons (Fsp3) is 0.176. The number of para-hydroxylation sites is 2. The van der Waals surface area contributed by atoms with Gasteiger partial charge in [0.1, 0.15) is 17.5 Å². The van der Waals surface area contributed by atoms with E-state index in [1.165, 1.54) is 6.33 Å². The normalized spacial score (nSPS) is 12.9. The average Bonchev–Trinajstić information content (AvgIpc) is 3.66. The minimum Gasteiger partial charge on any atom is -0.496 e. The number of benzene rings is 3. The van der Waals surface area contributed by atoms with Crippen LogP contribution in [0.1, 0.15) is 43.4 Å². The van der Waals surface area contributed by atoms with Crippen LogP contribution in [-0.4, -0.2) is 45.4 Å². The Bertz CT molecular complexity index is 1860. The number of H-pyrrole nitrogens is 1. The third-order valence-corrected chi connectivity index (χ3v) is 7.97. The molecule has 2 aromatic heterocycles. The lowest BCUT2D eigenvalue weighted by Gasteiger charge is -2.23. The van der Waals surface area contributed by atoms with E-state index in [2.05, 4.69) is 15.3 Å². The van der Waals surface area contributed by atoms with E-state index in [1.54, 1.807) is 24.3 Å². The van der Waals surface area contributed by atoms with Gasteiger partial charge in [-0.25, -0.2) is 4.98 Å². The summed E-state index contributed by atoms with van der Waals surface area (Å²) in [5.41, 5.74) is 12.5. The summed E-state index contributed by atoms with van der Waals surface area (Å²) in [4.78, 5) is 48.5. The molecule has 0 fully saturated rings. The number of aryl methyl sites for hydroxylation is 1. The molecule has 44 heavy (non-hydrogen) atoms. The maximum absolute atomic E-state index is 14.1. The maximum atomic E-state index is 14.1. The number of aromatic nitrogens is 3. The predicted molar refractivity (Wildman–Crippen MR) is 166 cm³/mol. The van der Waals surface area contributed by atoms with Crippen LogP contribution in [0.2, 0.25) is 0 Å². The van der Waals surface area contributed by atoms with Crippen molar-refractivity contribution in [2.45, 2.75) is 32.5 Å². The molecule has 5 aromatic rings. The van der Waals surface area contributed by atoms with Crippen molar-refractivity contribution in [3.8, 4) is 16.9 Å². The molecular weight excluding hydrogens is 556 g/mol. The predicted octanol–water partition coefficient (Wildman–Crippen LogP) is 4.23. The number of hydrogen-bond donors (Lipinski definition) is 3. The lowest BCUT2D eigenvalue weighted by Crippen LogP contribution is -2.46. The molecule has 3 aromatic carbocycles. The van der Waals surface area contributed by atoms with Crippen molar-refractivity contribution in [2.24, 2.45) is 5.73 Å². The highest BCUT2D eigenvalue weighted by molar-refractivity contribution is 6.07. The first-order valence-electron chi connectivity index (χ1n) is 14.2. The zero-order valence-corrected chi connectivity index (χ0v) is 24.4. The van der Waals surface area contributed by atoms with Gasteiger partial charge in [-0.05, 0) is 60.0 Å². The van der Waals surface area contributed by atoms with Gasteiger partial charge in [-0.15, -0.1) is 0 Å². The zero-order chi connectivity index (χ0) is 30.8. The molecule has 1 aliphatic rings. The zero-order valence-electron chi connectivity index (χ0n) is 24.4. The number of methoxy groups -OCH3 is 1. The van der Waals surface area contributed by atoms with Gasteiger partial charge < -0.3 is 30.2 Å². The first kappa shape index (κ1) is 28.5. The van der Waals surface area contributed by atoms with Gasteiger partial charge in [-0.1, -0.05) is 42.5 Å². The number of carbonyl (C=O) groups is 3. The Kier molecular flexibility index (Phi) is 7.72. The molecule has 0 unspecified atom stereocenters. The number of imidazole rings is 1. The van der Waals surface area contributed by atoms with Crippen molar-refractivity contribution < 1.29 is 19.1 Å². The summed E-state index contributed by atoms with van der Waals surface area (Å²) in [7, 11) is 1.64. The first-order chi connectivity index (χ1) is 21.3. The summed E-state index contributed by atoms with van der Waals surface area (Å²) in [5, 5.41) is 2.77. The molecule has 0 radical (unpaired) electrons. The van der Waals surface area contributed by atoms with Gasteiger partial charge in [0.25, 0.3) is 11.8 Å². The number of ether oxygens (including phenoxy) is 1. The number of carbonyl (C=O) groups excluding carboxylic acids is 3. The maximum Gasteiger partial charge on any atom is 0.268 e. The summed E-state index contributed by atoms with van der Waals surface area (Å²) in [6, 6.07) is 23.8. The van der Waals surface area contributed by atoms with Crippen molar-refractivity contribution in [1.82, 2.24) is 19.9 Å². The van der Waals surface area contributed by atoms with Crippen molar-refractivity contribution in [2.75, 3.05) is 12.0 Å². The van der Waals surface area contributed by atoms with Crippen molar-refractivity contribution in [1.29, 1.82) is 0 Å². The molecule has 3 amide bonds. The monoisotopic (exact) mass is 588 g/mol. The SMILES string of the molecule is COc1ccccc1-c1ccc(C(=O)N2Cc3ccc(C(=O)N[C@@H](Cc4c[nH]cn4)C(N)=O)n3Cc3ccccc32)cc1C. The minimum absolute atomic E-state index is 0.152. The molecular formula is C34H32N6O4. The smallest absolute Gasteiger partial charge is 0.268 e. The lowest BCUT2D eigenvalue weighted by atomic mass is 9.97. The van der Waals surface area contributed by atoms with Crippen molar-refractivity contribution in [3.63, 3.8) is 0 Å². The molecule has 0 aliphatic carbocycles. The van der Waals surface area contributed by atoms with E-state index in [-0.39, 0.29) is 18.9 Å². The number of hydrogen-bond acceptors (Lipinski definition) is 5. The Morgan fingerprint density at radius 2 is 1.80 bits per heavy atom. The fourth-order valence-electron chi connectivity index (χ4n) is 5.73. The second-order valence-electron chi connectivity index (χ2n) is 10.7. The number of primary amides is 1. The van der Waals surface area contributed by atoms with Crippen LogP contribution in [0.3, 0.4) is 0 Å². The van der Waals surface area contributed by atoms with E-state index in [0.29, 0.717) is 23.5 Å². The number of nitrogens with two attached hydrogens (primary N) is 1. The van der Waals surface area contributed by atoms with E-state index >= 15 is 0 Å². The molecule has 3 heterocycles. The summed E-state index contributed by atoms with van der Waals surface area (Å²) in [5.74, 6) is -0.478. The lowest BCUT2D eigenvalue weighted by molar-refractivity contribution is -0.119. The highest BCUT2D eigenvalue weighted by atomic mass is 16.5. The molecule has 1 aliphatic heterocycles. The summed E-state index contributed by atoms with van der Waals surface area (Å²) >= 11 is 0. The van der Waals surface area contributed by atoms with Crippen molar-refractivity contribution >= 4 is 23.4 Å². The summed E-state index contributed by atoms with van der Waals surface area (Å²) < 4.78 is 7.43. The quantitative estimate of drug-likeness (QED) is 0.249. The standard InChI is InChI=1S/C34H32N6O4/c1-21-15-22(11-13-26(21)27-8-4-6-10-31(27)44-2)34(43)40-19-25-12-14-30(39(25)18-23-7-3-5-9-29(23)40)33(42)38-28(32(35)41)16-24-17-36-20-37-24/h3-15,17,20,28H,16,18-19H2,1-2H3,(H2,35,41)(H,36,37)(H,38,42)/t28-/m0/s1. The van der Waals surface area contributed by atoms with Crippen molar-refractivity contribution in [3.05, 3.63) is 125 Å². The Morgan fingerprint density at radius 1 is 1.00 bits per heavy atom. The van der Waals surface area contributed by atoms with E-state index in [4.69, 9.17) is 10.5 Å². The Hall–Kier alpha value is -5.64. The van der Waals surface area contributed by atoms with Crippen LogP contribution in [0.15, 0.2) is 91.4 Å². The topological polar surface area (TPSA) is 135 Å². The van der Waals surface area contributed by atoms with Gasteiger partial charge in [0.2, 0.25) is 5.91 Å². The van der Waals surface area contributed by atoms with Crippen LogP contribution < -0.4 is 20.7 Å². The highest BCUT2D eigenvalue weighted by Crippen LogP contribution is 2.34. The fourth-order valence-corrected chi connectivity index (χ4v) is 5.73. The van der Waals surface area contributed by atoms with Crippen LogP contribution in [0.25, 0.3) is 11.1 Å². The molecule has 4 N–H and O–H groups in total. The molecule has 10 heteroatoms. The number of nitrogens with one attached hydrogen (secondary N) is 2. The molecule has 0 saturated carbocycles. The number of fused-ring (bicyclic) bond motifs is 2. The number of amides is 3. The van der Waals surface area contributed by atoms with Gasteiger partial charge in [0, 0.05) is 35.1 Å². The van der Waals surface area contributed by atoms with E-state index < -0.39 is 17.9 Å². The van der Waals surface area contributed by atoms with Gasteiger partial charge in [0.15, 0.2) is 0 Å². The molecule has 0 bridgehead atoms. The molecule has 222 valence electrons. The Labute approximate surface area is 254 Å². The third-order valence-electron chi connectivity index (χ3n) is 7.97. The number of anilines is 1. The molecule has 10 nitrogen and oxygen atoms in total. The second-order valence-corrected chi connectivity index (χ2v) is 10.7. The van der Waals surface area contributed by atoms with Gasteiger partial charge >= 0.3 is 0 Å². The number of rotatable bonds is 8. The van der Waals surface area contributed by atoms with E-state index in [9.17, 15) is 14.4 Å². The number of aromatic amines is 1. The minimum atomic E-state index is -0.935. The first-order valence-corrected chi connectivity index (χ1v) is 14.2. The van der Waals surface area contributed by atoms with Crippen LogP contribution >= 0.6 is 0 Å². The van der Waals surface area contributed by atoms with Crippen LogP contribution in [0, 0.1) is 6.92 Å². The summed E-state index contributed by atoms with van der Waals surface area (Å²) in [6.45, 7) is 2.61. The van der Waals surface area contributed by atoms with Gasteiger partial charge in [-0.3, -0.25) is 14.4 Å². The van der Waals surface area contributed by atoms with Crippen LogP contribution in [-0.2, 0) is 24.3 Å². The number of nitrogens with zero attached hydrogens (tertiary/aromatic N) is 3. The largest absolute Gasteiger partial charge is 0.496 e. The second kappa shape index (κ2) is 11.9. The molecule has 0 spiro atoms. The highest BCUT2D eigenvalue weighted by Gasteiger charge is 2.29. The van der Waals surface area contributed by atoms with E-state index in [1.807, 2.05) is 84.3 Å². The van der Waals surface area contributed by atoms with Crippen LogP contribution in [0.4, 0.5) is 5.69 Å². The third kappa shape index (κ3) is 5.45. The van der Waals surface area contributed by atoms with Gasteiger partial charge in [-0.2, -0.15) is 0 Å². The molecule has 0 saturated heterocycles.